The van der Waals surface area contributed by atoms with Crippen molar-refractivity contribution in [1.82, 2.24) is 0 Å². The molecule has 0 amide bonds. The van der Waals surface area contributed by atoms with Gasteiger partial charge in [-0.1, -0.05) is 36.0 Å². The zero-order valence-corrected chi connectivity index (χ0v) is 10.3. The summed E-state index contributed by atoms with van der Waals surface area (Å²) in [5.41, 5.74) is 7.63. The third-order valence-corrected chi connectivity index (χ3v) is 3.53. The van der Waals surface area contributed by atoms with E-state index in [1.165, 1.54) is 4.90 Å². The third kappa shape index (κ3) is 2.71. The first kappa shape index (κ1) is 11.4. The van der Waals surface area contributed by atoms with Crippen molar-refractivity contribution in [2.75, 3.05) is 5.73 Å². The number of nitrogen functional groups attached to an aromatic ring is 1. The molecule has 0 saturated heterocycles. The van der Waals surface area contributed by atoms with Gasteiger partial charge in [-0.05, 0) is 29.8 Å². The number of benzene rings is 2. The van der Waals surface area contributed by atoms with Crippen LogP contribution in [0.1, 0.15) is 5.56 Å². The van der Waals surface area contributed by atoms with E-state index in [9.17, 15) is 0 Å². The number of halogens is 1. The molecule has 0 atom stereocenters. The lowest BCUT2D eigenvalue weighted by atomic mass is 10.2. The average Bonchev–Trinajstić information content (AvgIpc) is 2.31. The van der Waals surface area contributed by atoms with E-state index in [0.717, 1.165) is 16.1 Å². The maximum absolute atomic E-state index is 5.89. The van der Waals surface area contributed by atoms with Gasteiger partial charge in [0.2, 0.25) is 0 Å². The fraction of sp³-hybridized carbons (Fsp3) is 0.0769. The van der Waals surface area contributed by atoms with Crippen molar-refractivity contribution >= 4 is 29.1 Å². The Balaban J connectivity index is 2.20. The molecule has 0 fully saturated rings. The van der Waals surface area contributed by atoms with Crippen LogP contribution in [0.4, 0.5) is 5.69 Å². The Hall–Kier alpha value is -1.12. The van der Waals surface area contributed by atoms with Crippen molar-refractivity contribution in [2.24, 2.45) is 0 Å². The zero-order valence-electron chi connectivity index (χ0n) is 8.69. The van der Waals surface area contributed by atoms with E-state index in [2.05, 4.69) is 12.1 Å². The third-order valence-electron chi connectivity index (χ3n) is 2.24. The van der Waals surface area contributed by atoms with Crippen LogP contribution in [-0.4, -0.2) is 0 Å². The topological polar surface area (TPSA) is 26.0 Å². The standard InChI is InChI=1S/C13H12ClNS/c14-9-10-6-7-12(8-13(10)15)16-11-4-2-1-3-5-11/h1-8H,9,15H2. The van der Waals surface area contributed by atoms with Crippen molar-refractivity contribution < 1.29 is 0 Å². The smallest absolute Gasteiger partial charge is 0.0494 e. The molecule has 0 spiro atoms. The quantitative estimate of drug-likeness (QED) is 0.653. The molecule has 0 saturated carbocycles. The Bertz CT molecular complexity index is 471. The fourth-order valence-electron chi connectivity index (χ4n) is 1.38. The summed E-state index contributed by atoms with van der Waals surface area (Å²) in [6, 6.07) is 16.2. The Labute approximate surface area is 105 Å². The summed E-state index contributed by atoms with van der Waals surface area (Å²) < 4.78 is 0. The number of hydrogen-bond donors (Lipinski definition) is 1. The van der Waals surface area contributed by atoms with Crippen molar-refractivity contribution in [3.8, 4) is 0 Å². The molecular weight excluding hydrogens is 238 g/mol. The molecule has 0 unspecified atom stereocenters. The molecule has 0 aliphatic heterocycles. The number of hydrogen-bond acceptors (Lipinski definition) is 2. The van der Waals surface area contributed by atoms with Gasteiger partial charge < -0.3 is 5.73 Å². The minimum absolute atomic E-state index is 0.460. The summed E-state index contributed by atoms with van der Waals surface area (Å²) >= 11 is 7.46. The van der Waals surface area contributed by atoms with Crippen LogP contribution in [-0.2, 0) is 5.88 Å². The average molecular weight is 250 g/mol. The van der Waals surface area contributed by atoms with Gasteiger partial charge in [-0.3, -0.25) is 0 Å². The van der Waals surface area contributed by atoms with E-state index < -0.39 is 0 Å². The fourth-order valence-corrected chi connectivity index (χ4v) is 2.51. The van der Waals surface area contributed by atoms with Crippen LogP contribution in [0.2, 0.25) is 0 Å². The molecule has 0 bridgehead atoms. The molecule has 0 heterocycles. The lowest BCUT2D eigenvalue weighted by molar-refractivity contribution is 1.33. The van der Waals surface area contributed by atoms with Crippen LogP contribution in [0.15, 0.2) is 58.3 Å². The molecule has 3 heteroatoms. The van der Waals surface area contributed by atoms with E-state index >= 15 is 0 Å². The summed E-state index contributed by atoms with van der Waals surface area (Å²) in [6.45, 7) is 0. The van der Waals surface area contributed by atoms with Gasteiger partial charge in [0.25, 0.3) is 0 Å². The molecule has 0 aromatic heterocycles. The summed E-state index contributed by atoms with van der Waals surface area (Å²) in [4.78, 5) is 2.35. The summed E-state index contributed by atoms with van der Waals surface area (Å²) in [6.07, 6.45) is 0. The second kappa shape index (κ2) is 5.28. The van der Waals surface area contributed by atoms with Crippen molar-refractivity contribution in [3.05, 3.63) is 54.1 Å². The van der Waals surface area contributed by atoms with E-state index in [1.807, 2.05) is 36.4 Å². The number of nitrogens with two attached hydrogens (primary N) is 1. The second-order valence-corrected chi connectivity index (χ2v) is 4.82. The van der Waals surface area contributed by atoms with E-state index in [0.29, 0.717) is 5.88 Å². The first-order chi connectivity index (χ1) is 7.79. The second-order valence-electron chi connectivity index (χ2n) is 3.41. The predicted molar refractivity (Wildman–Crippen MR) is 71.0 cm³/mol. The SMILES string of the molecule is Nc1cc(Sc2ccccc2)ccc1CCl. The first-order valence-electron chi connectivity index (χ1n) is 4.97. The van der Waals surface area contributed by atoms with Gasteiger partial charge in [0.1, 0.15) is 0 Å². The minimum atomic E-state index is 0.460. The largest absolute Gasteiger partial charge is 0.398 e. The summed E-state index contributed by atoms with van der Waals surface area (Å²) in [5.74, 6) is 0.460. The van der Waals surface area contributed by atoms with Crippen LogP contribution in [0.5, 0.6) is 0 Å². The van der Waals surface area contributed by atoms with Crippen LogP contribution in [0.25, 0.3) is 0 Å². The summed E-state index contributed by atoms with van der Waals surface area (Å²) in [7, 11) is 0. The summed E-state index contributed by atoms with van der Waals surface area (Å²) in [5, 5.41) is 0. The van der Waals surface area contributed by atoms with E-state index in [-0.39, 0.29) is 0 Å². The van der Waals surface area contributed by atoms with Crippen molar-refractivity contribution in [3.63, 3.8) is 0 Å². The molecule has 16 heavy (non-hydrogen) atoms. The first-order valence-corrected chi connectivity index (χ1v) is 6.32. The Morgan fingerprint density at radius 3 is 2.38 bits per heavy atom. The van der Waals surface area contributed by atoms with Crippen molar-refractivity contribution in [2.45, 2.75) is 15.7 Å². The monoisotopic (exact) mass is 249 g/mol. The Morgan fingerprint density at radius 1 is 1.00 bits per heavy atom. The molecule has 0 aliphatic carbocycles. The molecule has 2 aromatic carbocycles. The number of anilines is 1. The highest BCUT2D eigenvalue weighted by molar-refractivity contribution is 7.99. The molecule has 0 radical (unpaired) electrons. The van der Waals surface area contributed by atoms with Crippen LogP contribution in [0.3, 0.4) is 0 Å². The predicted octanol–water partition coefficient (Wildman–Crippen LogP) is 4.16. The van der Waals surface area contributed by atoms with Gasteiger partial charge >= 0.3 is 0 Å². The molecular formula is C13H12ClNS. The molecule has 2 N–H and O–H groups in total. The van der Waals surface area contributed by atoms with E-state index in [1.54, 1.807) is 11.8 Å². The normalized spacial score (nSPS) is 10.3. The molecule has 1 nitrogen and oxygen atoms in total. The van der Waals surface area contributed by atoms with Crippen LogP contribution in [0, 0.1) is 0 Å². The minimum Gasteiger partial charge on any atom is -0.398 e. The van der Waals surface area contributed by atoms with Crippen LogP contribution < -0.4 is 5.73 Å². The lowest BCUT2D eigenvalue weighted by Crippen LogP contribution is -1.91. The molecule has 2 aromatic rings. The highest BCUT2D eigenvalue weighted by Crippen LogP contribution is 2.30. The molecule has 2 rings (SSSR count). The maximum Gasteiger partial charge on any atom is 0.0494 e. The zero-order chi connectivity index (χ0) is 11.4. The van der Waals surface area contributed by atoms with Gasteiger partial charge in [0.05, 0.1) is 0 Å². The van der Waals surface area contributed by atoms with Gasteiger partial charge in [-0.2, -0.15) is 0 Å². The van der Waals surface area contributed by atoms with E-state index in [4.69, 9.17) is 17.3 Å². The Morgan fingerprint density at radius 2 is 1.75 bits per heavy atom. The molecule has 0 aliphatic rings. The van der Waals surface area contributed by atoms with Crippen molar-refractivity contribution in [1.29, 1.82) is 0 Å². The van der Waals surface area contributed by atoms with Gasteiger partial charge in [0.15, 0.2) is 0 Å². The highest BCUT2D eigenvalue weighted by atomic mass is 35.5. The van der Waals surface area contributed by atoms with Gasteiger partial charge in [0, 0.05) is 21.4 Å². The Kier molecular flexibility index (Phi) is 3.75. The highest BCUT2D eigenvalue weighted by Gasteiger charge is 2.01. The van der Waals surface area contributed by atoms with Crippen LogP contribution >= 0.6 is 23.4 Å². The van der Waals surface area contributed by atoms with Gasteiger partial charge in [-0.25, -0.2) is 0 Å². The maximum atomic E-state index is 5.89. The molecule has 82 valence electrons. The number of alkyl halides is 1. The lowest BCUT2D eigenvalue weighted by Gasteiger charge is -2.05. The number of rotatable bonds is 3. The van der Waals surface area contributed by atoms with Gasteiger partial charge in [-0.15, -0.1) is 11.6 Å².